The third-order valence-electron chi connectivity index (χ3n) is 4.59. The molecule has 0 heterocycles. The van der Waals surface area contributed by atoms with E-state index in [1.165, 1.54) is 38.5 Å². The van der Waals surface area contributed by atoms with Crippen molar-refractivity contribution in [2.75, 3.05) is 0 Å². The predicted molar refractivity (Wildman–Crippen MR) is 75.2 cm³/mol. The quantitative estimate of drug-likeness (QED) is 0.650. The Bertz CT molecular complexity index is 306. The van der Waals surface area contributed by atoms with E-state index in [-0.39, 0.29) is 0 Å². The van der Waals surface area contributed by atoms with Crippen LogP contribution < -0.4 is 0 Å². The van der Waals surface area contributed by atoms with Gasteiger partial charge in [0.05, 0.1) is 0 Å². The molecular weight excluding hydrogens is 204 g/mol. The van der Waals surface area contributed by atoms with Gasteiger partial charge in [-0.3, -0.25) is 0 Å². The Morgan fingerprint density at radius 1 is 1.06 bits per heavy atom. The molecule has 0 aliphatic heterocycles. The van der Waals surface area contributed by atoms with Gasteiger partial charge < -0.3 is 0 Å². The number of hydrogen-bond acceptors (Lipinski definition) is 0. The first-order valence-electron chi connectivity index (χ1n) is 7.36. The van der Waals surface area contributed by atoms with E-state index in [4.69, 9.17) is 0 Å². The van der Waals surface area contributed by atoms with E-state index in [2.05, 4.69) is 44.2 Å². The summed E-state index contributed by atoms with van der Waals surface area (Å²) in [5, 5.41) is 0. The van der Waals surface area contributed by atoms with Gasteiger partial charge in [-0.05, 0) is 49.0 Å². The van der Waals surface area contributed by atoms with E-state index < -0.39 is 0 Å². The monoisotopic (exact) mass is 230 g/mol. The number of rotatable bonds is 4. The minimum atomic E-state index is 0.835. The lowest BCUT2D eigenvalue weighted by Crippen LogP contribution is -2.19. The fraction of sp³-hybridized carbons (Fsp3) is 0.647. The van der Waals surface area contributed by atoms with E-state index in [1.807, 2.05) is 0 Å². The van der Waals surface area contributed by atoms with Gasteiger partial charge in [0, 0.05) is 0 Å². The lowest BCUT2D eigenvalue weighted by Gasteiger charge is -2.32. The summed E-state index contributed by atoms with van der Waals surface area (Å²) in [6.45, 7) is 4.77. The normalized spacial score (nSPS) is 26.7. The van der Waals surface area contributed by atoms with E-state index in [9.17, 15) is 0 Å². The van der Waals surface area contributed by atoms with Crippen LogP contribution in [0.4, 0.5) is 0 Å². The Morgan fingerprint density at radius 2 is 1.71 bits per heavy atom. The van der Waals surface area contributed by atoms with Gasteiger partial charge in [-0.1, -0.05) is 57.0 Å². The van der Waals surface area contributed by atoms with Crippen molar-refractivity contribution in [1.82, 2.24) is 0 Å². The van der Waals surface area contributed by atoms with Crippen LogP contribution in [0.1, 0.15) is 63.9 Å². The Kier molecular flexibility index (Phi) is 4.65. The fourth-order valence-corrected chi connectivity index (χ4v) is 3.44. The summed E-state index contributed by atoms with van der Waals surface area (Å²) in [6.07, 6.45) is 8.47. The first-order valence-corrected chi connectivity index (χ1v) is 7.36. The number of hydrogen-bond donors (Lipinski definition) is 0. The summed E-state index contributed by atoms with van der Waals surface area (Å²) in [6, 6.07) is 11.1. The molecule has 1 fully saturated rings. The predicted octanol–water partition coefficient (Wildman–Crippen LogP) is 5.40. The maximum absolute atomic E-state index is 2.46. The van der Waals surface area contributed by atoms with E-state index in [1.54, 1.807) is 5.56 Å². The lowest BCUT2D eigenvalue weighted by molar-refractivity contribution is 0.235. The van der Waals surface area contributed by atoms with Gasteiger partial charge in [-0.15, -0.1) is 0 Å². The molecule has 1 unspecified atom stereocenters. The highest BCUT2D eigenvalue weighted by molar-refractivity contribution is 5.19. The highest BCUT2D eigenvalue weighted by atomic mass is 14.3. The van der Waals surface area contributed by atoms with Crippen LogP contribution in [-0.4, -0.2) is 0 Å². The molecule has 1 aliphatic carbocycles. The summed E-state index contributed by atoms with van der Waals surface area (Å²) >= 11 is 0. The average molecular weight is 230 g/mol. The van der Waals surface area contributed by atoms with Crippen molar-refractivity contribution in [3.05, 3.63) is 35.9 Å². The second kappa shape index (κ2) is 6.23. The molecule has 2 rings (SSSR count). The second-order valence-corrected chi connectivity index (χ2v) is 5.79. The maximum atomic E-state index is 2.46. The van der Waals surface area contributed by atoms with Crippen molar-refractivity contribution in [3.8, 4) is 0 Å². The van der Waals surface area contributed by atoms with Crippen LogP contribution in [0.2, 0.25) is 0 Å². The van der Waals surface area contributed by atoms with Gasteiger partial charge in [0.25, 0.3) is 0 Å². The van der Waals surface area contributed by atoms with Crippen LogP contribution in [0, 0.1) is 11.8 Å². The average Bonchev–Trinajstić information content (AvgIpc) is 2.40. The molecule has 0 bridgehead atoms. The molecule has 0 heteroatoms. The summed E-state index contributed by atoms with van der Waals surface area (Å²) in [7, 11) is 0. The zero-order valence-corrected chi connectivity index (χ0v) is 11.4. The van der Waals surface area contributed by atoms with Crippen LogP contribution in [-0.2, 0) is 0 Å². The minimum Gasteiger partial charge on any atom is -0.0654 e. The topological polar surface area (TPSA) is 0 Å². The van der Waals surface area contributed by atoms with E-state index in [0.29, 0.717) is 0 Å². The van der Waals surface area contributed by atoms with Gasteiger partial charge >= 0.3 is 0 Å². The highest BCUT2D eigenvalue weighted by Gasteiger charge is 2.25. The third kappa shape index (κ3) is 3.34. The number of benzene rings is 1. The van der Waals surface area contributed by atoms with Gasteiger partial charge in [-0.2, -0.15) is 0 Å². The van der Waals surface area contributed by atoms with Crippen molar-refractivity contribution >= 4 is 0 Å². The SMILES string of the molecule is CCCC(C)C1CCC(c2ccccc2)CC1. The van der Waals surface area contributed by atoms with Gasteiger partial charge in [0.15, 0.2) is 0 Å². The summed E-state index contributed by atoms with van der Waals surface area (Å²) < 4.78 is 0. The first-order chi connectivity index (χ1) is 8.31. The van der Waals surface area contributed by atoms with E-state index in [0.717, 1.165) is 17.8 Å². The fourth-order valence-electron chi connectivity index (χ4n) is 3.44. The van der Waals surface area contributed by atoms with Gasteiger partial charge in [0.1, 0.15) is 0 Å². The highest BCUT2D eigenvalue weighted by Crippen LogP contribution is 2.39. The molecule has 0 saturated heterocycles. The smallest absolute Gasteiger partial charge is 0.0162 e. The Balaban J connectivity index is 1.86. The Morgan fingerprint density at radius 3 is 2.29 bits per heavy atom. The van der Waals surface area contributed by atoms with Crippen molar-refractivity contribution < 1.29 is 0 Å². The molecule has 1 aromatic rings. The molecule has 0 amide bonds. The minimum absolute atomic E-state index is 0.835. The lowest BCUT2D eigenvalue weighted by atomic mass is 9.73. The van der Waals surface area contributed by atoms with Crippen LogP contribution in [0.5, 0.6) is 0 Å². The Labute approximate surface area is 106 Å². The molecule has 1 atom stereocenters. The summed E-state index contributed by atoms with van der Waals surface area (Å²) in [5.41, 5.74) is 1.56. The molecule has 1 aromatic carbocycles. The van der Waals surface area contributed by atoms with Crippen LogP contribution in [0.25, 0.3) is 0 Å². The van der Waals surface area contributed by atoms with Crippen molar-refractivity contribution in [2.24, 2.45) is 11.8 Å². The molecule has 0 spiro atoms. The summed E-state index contributed by atoms with van der Waals surface area (Å²) in [5.74, 6) is 2.77. The molecule has 0 N–H and O–H groups in total. The molecule has 0 nitrogen and oxygen atoms in total. The summed E-state index contributed by atoms with van der Waals surface area (Å²) in [4.78, 5) is 0. The molecule has 94 valence electrons. The standard InChI is InChI=1S/C17H26/c1-3-7-14(2)15-10-12-17(13-11-15)16-8-5-4-6-9-16/h4-6,8-9,14-15,17H,3,7,10-13H2,1-2H3. The zero-order chi connectivity index (χ0) is 12.1. The van der Waals surface area contributed by atoms with Crippen molar-refractivity contribution in [1.29, 1.82) is 0 Å². The zero-order valence-electron chi connectivity index (χ0n) is 11.4. The Hall–Kier alpha value is -0.780. The van der Waals surface area contributed by atoms with Gasteiger partial charge in [0.2, 0.25) is 0 Å². The van der Waals surface area contributed by atoms with Crippen molar-refractivity contribution in [3.63, 3.8) is 0 Å². The van der Waals surface area contributed by atoms with Crippen LogP contribution in [0.3, 0.4) is 0 Å². The molecular formula is C17H26. The molecule has 17 heavy (non-hydrogen) atoms. The molecule has 1 aliphatic rings. The van der Waals surface area contributed by atoms with Crippen LogP contribution in [0.15, 0.2) is 30.3 Å². The van der Waals surface area contributed by atoms with Gasteiger partial charge in [-0.25, -0.2) is 0 Å². The largest absolute Gasteiger partial charge is 0.0654 e. The molecule has 1 saturated carbocycles. The second-order valence-electron chi connectivity index (χ2n) is 5.79. The molecule has 0 aromatic heterocycles. The van der Waals surface area contributed by atoms with Crippen molar-refractivity contribution in [2.45, 2.75) is 58.3 Å². The maximum Gasteiger partial charge on any atom is -0.0162 e. The van der Waals surface area contributed by atoms with Crippen LogP contribution >= 0.6 is 0 Å². The third-order valence-corrected chi connectivity index (χ3v) is 4.59. The van der Waals surface area contributed by atoms with E-state index >= 15 is 0 Å². The first kappa shape index (κ1) is 12.7. The molecule has 0 radical (unpaired) electrons.